The van der Waals surface area contributed by atoms with Crippen molar-refractivity contribution in [2.75, 3.05) is 5.32 Å². The lowest BCUT2D eigenvalue weighted by Crippen LogP contribution is -2.27. The molecule has 1 heterocycles. The Morgan fingerprint density at radius 2 is 2.06 bits per heavy atom. The maximum Gasteiger partial charge on any atom is 0.325 e. The highest BCUT2D eigenvalue weighted by molar-refractivity contribution is 5.75. The fourth-order valence-corrected chi connectivity index (χ4v) is 2.10. The molecule has 17 heavy (non-hydrogen) atoms. The van der Waals surface area contributed by atoms with Crippen molar-refractivity contribution in [3.05, 3.63) is 17.0 Å². The van der Waals surface area contributed by atoms with Gasteiger partial charge in [0.25, 0.3) is 0 Å². The number of fused-ring (bicyclic) bond motifs is 1. The van der Waals surface area contributed by atoms with Crippen LogP contribution in [0.2, 0.25) is 0 Å². The first kappa shape index (κ1) is 11.8. The number of carboxylic acids is 1. The van der Waals surface area contributed by atoms with Gasteiger partial charge in [0.2, 0.25) is 5.95 Å². The van der Waals surface area contributed by atoms with Crippen LogP contribution in [0, 0.1) is 6.92 Å². The quantitative estimate of drug-likeness (QED) is 0.831. The van der Waals surface area contributed by atoms with Gasteiger partial charge in [-0.15, -0.1) is 0 Å². The van der Waals surface area contributed by atoms with Crippen LogP contribution in [0.5, 0.6) is 0 Å². The second-order valence-corrected chi connectivity index (χ2v) is 4.47. The molecule has 1 aliphatic carbocycles. The number of nitrogens with zero attached hydrogens (tertiary/aromatic N) is 2. The molecule has 5 heteroatoms. The lowest BCUT2D eigenvalue weighted by atomic mass is 9.95. The molecule has 0 bridgehead atoms. The van der Waals surface area contributed by atoms with Gasteiger partial charge in [-0.1, -0.05) is 0 Å². The molecule has 1 aromatic heterocycles. The Hall–Kier alpha value is -1.65. The van der Waals surface area contributed by atoms with Gasteiger partial charge in [0, 0.05) is 11.4 Å². The molecule has 1 unspecified atom stereocenters. The van der Waals surface area contributed by atoms with Crippen LogP contribution in [0.25, 0.3) is 0 Å². The minimum Gasteiger partial charge on any atom is -0.480 e. The minimum absolute atomic E-state index is 0.429. The van der Waals surface area contributed by atoms with E-state index in [-0.39, 0.29) is 0 Å². The number of nitrogens with one attached hydrogen (secondary N) is 1. The van der Waals surface area contributed by atoms with Gasteiger partial charge in [0.15, 0.2) is 0 Å². The molecule has 92 valence electrons. The van der Waals surface area contributed by atoms with Crippen LogP contribution in [-0.4, -0.2) is 27.1 Å². The number of anilines is 1. The van der Waals surface area contributed by atoms with Gasteiger partial charge in [-0.05, 0) is 45.1 Å². The molecule has 0 saturated heterocycles. The summed E-state index contributed by atoms with van der Waals surface area (Å²) in [5.74, 6) is -0.470. The molecule has 0 radical (unpaired) electrons. The summed E-state index contributed by atoms with van der Waals surface area (Å²) < 4.78 is 0. The first-order chi connectivity index (χ1) is 8.08. The third kappa shape index (κ3) is 2.54. The van der Waals surface area contributed by atoms with E-state index in [0.717, 1.165) is 30.7 Å². The highest BCUT2D eigenvalue weighted by Crippen LogP contribution is 2.22. The fraction of sp³-hybridized carbons (Fsp3) is 0.583. The third-order valence-corrected chi connectivity index (χ3v) is 3.11. The summed E-state index contributed by atoms with van der Waals surface area (Å²) in [4.78, 5) is 19.5. The zero-order chi connectivity index (χ0) is 12.4. The normalized spacial score (nSPS) is 16.1. The van der Waals surface area contributed by atoms with Gasteiger partial charge >= 0.3 is 5.97 Å². The average molecular weight is 235 g/mol. The molecule has 2 N–H and O–H groups in total. The van der Waals surface area contributed by atoms with Gasteiger partial charge in [-0.3, -0.25) is 4.79 Å². The van der Waals surface area contributed by atoms with Crippen LogP contribution in [0.4, 0.5) is 5.95 Å². The molecule has 0 fully saturated rings. The number of aryl methyl sites for hydroxylation is 2. The predicted molar refractivity (Wildman–Crippen MR) is 64.1 cm³/mol. The van der Waals surface area contributed by atoms with Crippen LogP contribution in [0.3, 0.4) is 0 Å². The number of hydrogen-bond donors (Lipinski definition) is 2. The van der Waals surface area contributed by atoms with Crippen molar-refractivity contribution >= 4 is 11.9 Å². The zero-order valence-electron chi connectivity index (χ0n) is 10.2. The van der Waals surface area contributed by atoms with Crippen molar-refractivity contribution < 1.29 is 9.90 Å². The number of rotatable bonds is 3. The lowest BCUT2D eigenvalue weighted by Gasteiger charge is -2.18. The average Bonchev–Trinajstić information content (AvgIpc) is 2.29. The second kappa shape index (κ2) is 4.69. The third-order valence-electron chi connectivity index (χ3n) is 3.11. The van der Waals surface area contributed by atoms with Gasteiger partial charge < -0.3 is 10.4 Å². The molecular formula is C12H17N3O2. The molecule has 1 aliphatic rings. The van der Waals surface area contributed by atoms with Crippen molar-refractivity contribution in [2.24, 2.45) is 0 Å². The summed E-state index contributed by atoms with van der Waals surface area (Å²) in [6, 6.07) is -0.670. The predicted octanol–water partition coefficient (Wildman–Crippen LogP) is 1.55. The monoisotopic (exact) mass is 235 g/mol. The van der Waals surface area contributed by atoms with Crippen molar-refractivity contribution in [1.29, 1.82) is 0 Å². The van der Waals surface area contributed by atoms with E-state index in [9.17, 15) is 4.79 Å². The molecule has 0 amide bonds. The first-order valence-corrected chi connectivity index (χ1v) is 5.93. The topological polar surface area (TPSA) is 75.1 Å². The van der Waals surface area contributed by atoms with E-state index < -0.39 is 12.0 Å². The Kier molecular flexibility index (Phi) is 3.26. The molecule has 1 atom stereocenters. The van der Waals surface area contributed by atoms with Crippen LogP contribution < -0.4 is 5.32 Å². The largest absolute Gasteiger partial charge is 0.480 e. The SMILES string of the molecule is Cc1nc(NC(C)C(=O)O)nc2c1CCCC2. The summed E-state index contributed by atoms with van der Waals surface area (Å²) in [6.07, 6.45) is 4.34. The highest BCUT2D eigenvalue weighted by atomic mass is 16.4. The van der Waals surface area contributed by atoms with Crippen LogP contribution in [0.1, 0.15) is 36.7 Å². The Balaban J connectivity index is 2.25. The highest BCUT2D eigenvalue weighted by Gasteiger charge is 2.17. The summed E-state index contributed by atoms with van der Waals surface area (Å²) in [5.41, 5.74) is 3.28. The van der Waals surface area contributed by atoms with E-state index in [1.54, 1.807) is 6.92 Å². The van der Waals surface area contributed by atoms with Crippen LogP contribution in [-0.2, 0) is 17.6 Å². The molecule has 0 aliphatic heterocycles. The number of aliphatic carboxylic acids is 1. The van der Waals surface area contributed by atoms with Gasteiger partial charge in [0.05, 0.1) is 0 Å². The van der Waals surface area contributed by atoms with Crippen molar-refractivity contribution in [2.45, 2.75) is 45.6 Å². The Morgan fingerprint density at radius 1 is 1.35 bits per heavy atom. The van der Waals surface area contributed by atoms with Gasteiger partial charge in [-0.25, -0.2) is 9.97 Å². The van der Waals surface area contributed by atoms with Crippen LogP contribution >= 0.6 is 0 Å². The summed E-state index contributed by atoms with van der Waals surface area (Å²) >= 11 is 0. The van der Waals surface area contributed by atoms with E-state index >= 15 is 0 Å². The number of carboxylic acid groups (broad SMARTS) is 1. The van der Waals surface area contributed by atoms with Crippen molar-refractivity contribution in [3.63, 3.8) is 0 Å². The molecule has 0 spiro atoms. The summed E-state index contributed by atoms with van der Waals surface area (Å²) in [6.45, 7) is 3.54. The summed E-state index contributed by atoms with van der Waals surface area (Å²) in [7, 11) is 0. The van der Waals surface area contributed by atoms with Gasteiger partial charge in [-0.2, -0.15) is 0 Å². The Bertz CT molecular complexity index is 446. The van der Waals surface area contributed by atoms with Crippen molar-refractivity contribution in [3.8, 4) is 0 Å². The van der Waals surface area contributed by atoms with E-state index in [4.69, 9.17) is 5.11 Å². The smallest absolute Gasteiger partial charge is 0.325 e. The molecule has 0 aromatic carbocycles. The van der Waals surface area contributed by atoms with Gasteiger partial charge in [0.1, 0.15) is 6.04 Å². The number of aromatic nitrogens is 2. The van der Waals surface area contributed by atoms with E-state index in [2.05, 4.69) is 15.3 Å². The van der Waals surface area contributed by atoms with E-state index in [0.29, 0.717) is 5.95 Å². The van der Waals surface area contributed by atoms with Crippen LogP contribution in [0.15, 0.2) is 0 Å². The molecule has 2 rings (SSSR count). The minimum atomic E-state index is -0.899. The molecule has 5 nitrogen and oxygen atoms in total. The lowest BCUT2D eigenvalue weighted by molar-refractivity contribution is -0.137. The molecule has 0 saturated carbocycles. The Morgan fingerprint density at radius 3 is 2.76 bits per heavy atom. The number of carbonyl (C=O) groups is 1. The van der Waals surface area contributed by atoms with E-state index in [1.807, 2.05) is 6.92 Å². The Labute approximate surface area is 100 Å². The van der Waals surface area contributed by atoms with Crippen molar-refractivity contribution in [1.82, 2.24) is 9.97 Å². The van der Waals surface area contributed by atoms with E-state index in [1.165, 1.54) is 12.0 Å². The second-order valence-electron chi connectivity index (χ2n) is 4.47. The first-order valence-electron chi connectivity index (χ1n) is 5.93. The maximum absolute atomic E-state index is 10.8. The maximum atomic E-state index is 10.8. The number of hydrogen-bond acceptors (Lipinski definition) is 4. The summed E-state index contributed by atoms with van der Waals surface area (Å²) in [5, 5.41) is 11.6. The standard InChI is InChI=1S/C12H17N3O2/c1-7-9-5-3-4-6-10(9)15-12(13-7)14-8(2)11(16)17/h8H,3-6H2,1-2H3,(H,16,17)(H,13,14,15). The molecule has 1 aromatic rings. The zero-order valence-corrected chi connectivity index (χ0v) is 10.2. The fourth-order valence-electron chi connectivity index (χ4n) is 2.10. The molecular weight excluding hydrogens is 218 g/mol.